The van der Waals surface area contributed by atoms with Crippen LogP contribution in [0.25, 0.3) is 0 Å². The molecule has 0 saturated heterocycles. The summed E-state index contributed by atoms with van der Waals surface area (Å²) in [4.78, 5) is 11.6. The molecule has 0 fully saturated rings. The van der Waals surface area contributed by atoms with Crippen LogP contribution in [0.4, 0.5) is 0 Å². The van der Waals surface area contributed by atoms with Gasteiger partial charge in [-0.25, -0.2) is 0 Å². The van der Waals surface area contributed by atoms with Crippen LogP contribution in [0.3, 0.4) is 0 Å². The lowest BCUT2D eigenvalue weighted by Crippen LogP contribution is -2.32. The van der Waals surface area contributed by atoms with E-state index in [9.17, 15) is 4.79 Å². The molecule has 0 spiro atoms. The van der Waals surface area contributed by atoms with Crippen LogP contribution >= 0.6 is 0 Å². The van der Waals surface area contributed by atoms with Crippen LogP contribution in [0.15, 0.2) is 30.3 Å². The molecule has 1 aromatic carbocycles. The Morgan fingerprint density at radius 2 is 2.05 bits per heavy atom. The van der Waals surface area contributed by atoms with Crippen LogP contribution in [0, 0.1) is 0 Å². The zero-order chi connectivity index (χ0) is 15.5. The number of carbonyl (C=O) groups excluding carboxylic acids is 1. The summed E-state index contributed by atoms with van der Waals surface area (Å²) in [6, 6.07) is 10.1. The van der Waals surface area contributed by atoms with Gasteiger partial charge in [0, 0.05) is 26.8 Å². The topological polar surface area (TPSA) is 73.6 Å². The Morgan fingerprint density at radius 1 is 1.33 bits per heavy atom. The number of ether oxygens (including phenoxy) is 2. The third-order valence-corrected chi connectivity index (χ3v) is 3.29. The van der Waals surface area contributed by atoms with E-state index in [1.165, 1.54) is 0 Å². The highest BCUT2D eigenvalue weighted by atomic mass is 16.5. The number of carbonyl (C=O) groups is 1. The van der Waals surface area contributed by atoms with Crippen molar-refractivity contribution in [1.29, 1.82) is 0 Å². The third-order valence-electron chi connectivity index (χ3n) is 3.29. The van der Waals surface area contributed by atoms with Gasteiger partial charge in [-0.3, -0.25) is 4.79 Å². The maximum absolute atomic E-state index is 11.6. The fourth-order valence-electron chi connectivity index (χ4n) is 1.92. The van der Waals surface area contributed by atoms with Gasteiger partial charge in [-0.05, 0) is 18.9 Å². The van der Waals surface area contributed by atoms with E-state index in [-0.39, 0.29) is 18.1 Å². The molecule has 3 N–H and O–H groups in total. The number of methoxy groups -OCH3 is 1. The molecular weight excluding hydrogens is 268 g/mol. The van der Waals surface area contributed by atoms with Gasteiger partial charge in [-0.1, -0.05) is 30.3 Å². The van der Waals surface area contributed by atoms with Gasteiger partial charge in [-0.2, -0.15) is 0 Å². The second-order valence-electron chi connectivity index (χ2n) is 4.92. The zero-order valence-electron chi connectivity index (χ0n) is 12.9. The van der Waals surface area contributed by atoms with Crippen LogP contribution in [0.5, 0.6) is 0 Å². The van der Waals surface area contributed by atoms with E-state index >= 15 is 0 Å². The molecule has 1 aromatic rings. The van der Waals surface area contributed by atoms with E-state index in [0.29, 0.717) is 26.1 Å². The minimum Gasteiger partial charge on any atom is -0.380 e. The fourth-order valence-corrected chi connectivity index (χ4v) is 1.92. The normalized spacial score (nSPS) is 13.7. The Morgan fingerprint density at radius 3 is 2.67 bits per heavy atom. The van der Waals surface area contributed by atoms with Gasteiger partial charge in [-0.15, -0.1) is 0 Å². The Kier molecular flexibility index (Phi) is 8.66. The van der Waals surface area contributed by atoms with E-state index in [2.05, 4.69) is 5.32 Å². The summed E-state index contributed by atoms with van der Waals surface area (Å²) < 4.78 is 10.8. The smallest absolute Gasteiger partial charge is 0.222 e. The molecule has 118 valence electrons. The molecule has 0 radical (unpaired) electrons. The maximum Gasteiger partial charge on any atom is 0.222 e. The second-order valence-corrected chi connectivity index (χ2v) is 4.92. The lowest BCUT2D eigenvalue weighted by Gasteiger charge is -2.14. The number of rotatable bonds is 10. The molecule has 0 aliphatic heterocycles. The Labute approximate surface area is 126 Å². The van der Waals surface area contributed by atoms with E-state index in [1.54, 1.807) is 7.11 Å². The van der Waals surface area contributed by atoms with Crippen molar-refractivity contribution in [2.24, 2.45) is 5.73 Å². The summed E-state index contributed by atoms with van der Waals surface area (Å²) in [6.07, 6.45) is 0.939. The van der Waals surface area contributed by atoms with Crippen LogP contribution in [0.2, 0.25) is 0 Å². The number of nitrogens with one attached hydrogen (secondary N) is 1. The first-order valence-corrected chi connectivity index (χ1v) is 7.33. The number of hydrogen-bond donors (Lipinski definition) is 2. The van der Waals surface area contributed by atoms with Gasteiger partial charge in [0.1, 0.15) is 0 Å². The largest absolute Gasteiger partial charge is 0.380 e. The average Bonchev–Trinajstić information content (AvgIpc) is 2.52. The van der Waals surface area contributed by atoms with Crippen molar-refractivity contribution in [1.82, 2.24) is 5.32 Å². The highest BCUT2D eigenvalue weighted by molar-refractivity contribution is 5.76. The van der Waals surface area contributed by atoms with Gasteiger partial charge in [0.2, 0.25) is 5.91 Å². The van der Waals surface area contributed by atoms with Crippen LogP contribution in [-0.4, -0.2) is 38.8 Å². The number of benzene rings is 1. The maximum atomic E-state index is 11.6. The molecule has 2 atom stereocenters. The third kappa shape index (κ3) is 7.22. The Balaban J connectivity index is 2.10. The molecule has 0 bridgehead atoms. The highest BCUT2D eigenvalue weighted by Gasteiger charge is 2.10. The summed E-state index contributed by atoms with van der Waals surface area (Å²) in [7, 11) is 1.56. The molecule has 0 heterocycles. The second kappa shape index (κ2) is 10.3. The van der Waals surface area contributed by atoms with Gasteiger partial charge < -0.3 is 20.5 Å². The fraction of sp³-hybridized carbons (Fsp3) is 0.562. The van der Waals surface area contributed by atoms with Crippen LogP contribution in [-0.2, 0) is 14.3 Å². The van der Waals surface area contributed by atoms with Gasteiger partial charge in [0.05, 0.1) is 18.6 Å². The zero-order valence-corrected chi connectivity index (χ0v) is 12.9. The number of nitrogens with two attached hydrogens (primary N) is 1. The summed E-state index contributed by atoms with van der Waals surface area (Å²) in [5, 5.41) is 2.84. The highest BCUT2D eigenvalue weighted by Crippen LogP contribution is 2.15. The molecule has 0 aliphatic rings. The lowest BCUT2D eigenvalue weighted by atomic mass is 10.1. The van der Waals surface area contributed by atoms with Crippen molar-refractivity contribution in [3.8, 4) is 0 Å². The molecule has 1 rings (SSSR count). The predicted molar refractivity (Wildman–Crippen MR) is 82.9 cm³/mol. The van der Waals surface area contributed by atoms with E-state index in [1.807, 2.05) is 37.3 Å². The first-order chi connectivity index (χ1) is 10.2. The Hall–Kier alpha value is -1.43. The molecule has 0 aliphatic carbocycles. The molecule has 0 aromatic heterocycles. The number of hydrogen-bond acceptors (Lipinski definition) is 4. The molecule has 2 unspecified atom stereocenters. The van der Waals surface area contributed by atoms with Crippen LogP contribution < -0.4 is 11.1 Å². The van der Waals surface area contributed by atoms with Crippen molar-refractivity contribution < 1.29 is 14.3 Å². The van der Waals surface area contributed by atoms with Gasteiger partial charge >= 0.3 is 0 Å². The van der Waals surface area contributed by atoms with E-state index in [4.69, 9.17) is 15.2 Å². The van der Waals surface area contributed by atoms with Gasteiger partial charge in [0.25, 0.3) is 0 Å². The van der Waals surface area contributed by atoms with Crippen molar-refractivity contribution in [3.63, 3.8) is 0 Å². The lowest BCUT2D eigenvalue weighted by molar-refractivity contribution is -0.123. The minimum absolute atomic E-state index is 0.0385. The monoisotopic (exact) mass is 294 g/mol. The molecule has 5 heteroatoms. The first-order valence-electron chi connectivity index (χ1n) is 7.33. The van der Waals surface area contributed by atoms with Gasteiger partial charge in [0.15, 0.2) is 0 Å². The van der Waals surface area contributed by atoms with E-state index in [0.717, 1.165) is 12.0 Å². The SMILES string of the molecule is COC(CN)CC(=O)NCCCOC(C)c1ccccc1. The average molecular weight is 294 g/mol. The number of amides is 1. The molecule has 0 saturated carbocycles. The summed E-state index contributed by atoms with van der Waals surface area (Å²) >= 11 is 0. The molecule has 5 nitrogen and oxygen atoms in total. The quantitative estimate of drug-likeness (QED) is 0.643. The summed E-state index contributed by atoms with van der Waals surface area (Å²) in [5.74, 6) is -0.0385. The van der Waals surface area contributed by atoms with E-state index < -0.39 is 0 Å². The molecule has 21 heavy (non-hydrogen) atoms. The van der Waals surface area contributed by atoms with Crippen molar-refractivity contribution in [2.75, 3.05) is 26.8 Å². The minimum atomic E-state index is -0.209. The predicted octanol–water partition coefficient (Wildman–Crippen LogP) is 1.63. The summed E-state index contributed by atoms with van der Waals surface area (Å²) in [5.41, 5.74) is 6.63. The Bertz CT molecular complexity index is 394. The summed E-state index contributed by atoms with van der Waals surface area (Å²) in [6.45, 7) is 3.59. The first kappa shape index (κ1) is 17.6. The van der Waals surface area contributed by atoms with Crippen LogP contribution in [0.1, 0.15) is 31.4 Å². The van der Waals surface area contributed by atoms with Crippen molar-refractivity contribution >= 4 is 5.91 Å². The van der Waals surface area contributed by atoms with Crippen molar-refractivity contribution in [3.05, 3.63) is 35.9 Å². The standard InChI is InChI=1S/C16H26N2O3/c1-13(14-7-4-3-5-8-14)21-10-6-9-18-16(19)11-15(12-17)20-2/h3-5,7-8,13,15H,6,9-12,17H2,1-2H3,(H,18,19). The molecule has 1 amide bonds. The van der Waals surface area contributed by atoms with Crippen molar-refractivity contribution in [2.45, 2.75) is 32.0 Å². The molecular formula is C16H26N2O3.